The van der Waals surface area contributed by atoms with E-state index in [2.05, 4.69) is 41.3 Å². The van der Waals surface area contributed by atoms with E-state index in [1.807, 2.05) is 35.6 Å². The van der Waals surface area contributed by atoms with E-state index in [1.54, 1.807) is 19.7 Å². The Morgan fingerprint density at radius 2 is 2.21 bits per heavy atom. The topological polar surface area (TPSA) is 59.4 Å². The number of aromatic nitrogens is 2. The van der Waals surface area contributed by atoms with E-state index in [-0.39, 0.29) is 0 Å². The Hall–Kier alpha value is -2.47. The van der Waals surface area contributed by atoms with Crippen LogP contribution in [0.25, 0.3) is 10.2 Å². The quantitative estimate of drug-likeness (QED) is 0.421. The van der Waals surface area contributed by atoms with Gasteiger partial charge in [0.2, 0.25) is 0 Å². The number of nitrogens with one attached hydrogen (secondary N) is 1. The zero-order valence-electron chi connectivity index (χ0n) is 17.5. The summed E-state index contributed by atoms with van der Waals surface area (Å²) in [6, 6.07) is 7.82. The molecule has 3 aromatic rings. The van der Waals surface area contributed by atoms with Gasteiger partial charge in [-0.3, -0.25) is 5.43 Å². The summed E-state index contributed by atoms with van der Waals surface area (Å²) in [4.78, 5) is 11.6. The smallest absolute Gasteiger partial charge is 0.158 e. The van der Waals surface area contributed by atoms with E-state index in [0.29, 0.717) is 11.3 Å². The lowest BCUT2D eigenvalue weighted by atomic mass is 9.69. The molecular formula is C23H28N4OS. The third kappa shape index (κ3) is 3.99. The van der Waals surface area contributed by atoms with Gasteiger partial charge in [-0.15, -0.1) is 11.3 Å². The van der Waals surface area contributed by atoms with E-state index in [1.165, 1.54) is 23.3 Å². The molecule has 0 amide bonds. The second-order valence-electron chi connectivity index (χ2n) is 8.33. The minimum absolute atomic E-state index is 0.347. The van der Waals surface area contributed by atoms with E-state index in [9.17, 15) is 0 Å². The Morgan fingerprint density at radius 1 is 1.34 bits per heavy atom. The zero-order valence-corrected chi connectivity index (χ0v) is 18.3. The van der Waals surface area contributed by atoms with Crippen molar-refractivity contribution in [2.24, 2.45) is 16.4 Å². The number of aryl methyl sites for hydroxylation is 1. The van der Waals surface area contributed by atoms with Gasteiger partial charge in [-0.1, -0.05) is 39.3 Å². The Kier molecular flexibility index (Phi) is 5.54. The monoisotopic (exact) mass is 408 g/mol. The minimum Gasteiger partial charge on any atom is -0.497 e. The first-order valence-electron chi connectivity index (χ1n) is 10.2. The maximum atomic E-state index is 5.27. The Bertz CT molecular complexity index is 1040. The van der Waals surface area contributed by atoms with Gasteiger partial charge in [0.1, 0.15) is 16.9 Å². The van der Waals surface area contributed by atoms with Gasteiger partial charge < -0.3 is 4.74 Å². The maximum absolute atomic E-state index is 5.27. The van der Waals surface area contributed by atoms with Gasteiger partial charge in [-0.2, -0.15) is 5.10 Å². The highest BCUT2D eigenvalue weighted by atomic mass is 32.1. The third-order valence-corrected chi connectivity index (χ3v) is 7.54. The molecule has 0 saturated heterocycles. The molecule has 0 saturated carbocycles. The molecule has 0 aliphatic heterocycles. The number of benzene rings is 1. The summed E-state index contributed by atoms with van der Waals surface area (Å²) in [6.45, 7) is 7.08. The summed E-state index contributed by atoms with van der Waals surface area (Å²) < 4.78 is 5.27. The lowest BCUT2D eigenvalue weighted by Crippen LogP contribution is -2.28. The predicted molar refractivity (Wildman–Crippen MR) is 121 cm³/mol. The first kappa shape index (κ1) is 19.8. The van der Waals surface area contributed by atoms with Crippen molar-refractivity contribution in [2.45, 2.75) is 46.5 Å². The van der Waals surface area contributed by atoms with E-state index >= 15 is 0 Å². The van der Waals surface area contributed by atoms with Gasteiger partial charge in [-0.05, 0) is 53.9 Å². The highest BCUT2D eigenvalue weighted by Gasteiger charge is 2.33. The number of nitrogens with zero attached hydrogens (tertiary/aromatic N) is 3. The van der Waals surface area contributed by atoms with Crippen LogP contribution in [0.4, 0.5) is 5.82 Å². The number of hydrazone groups is 1. The van der Waals surface area contributed by atoms with Crippen molar-refractivity contribution in [3.8, 4) is 5.75 Å². The largest absolute Gasteiger partial charge is 0.497 e. The van der Waals surface area contributed by atoms with Crippen molar-refractivity contribution in [1.82, 2.24) is 9.97 Å². The molecule has 1 N–H and O–H groups in total. The summed E-state index contributed by atoms with van der Waals surface area (Å²) in [5.41, 5.74) is 5.90. The van der Waals surface area contributed by atoms with Crippen molar-refractivity contribution in [3.63, 3.8) is 0 Å². The molecule has 1 unspecified atom stereocenters. The van der Waals surface area contributed by atoms with Crippen LogP contribution in [0.1, 0.15) is 49.6 Å². The summed E-state index contributed by atoms with van der Waals surface area (Å²) in [7, 11) is 1.67. The molecule has 29 heavy (non-hydrogen) atoms. The number of fused-ring (bicyclic) bond motifs is 3. The fraction of sp³-hybridized carbons (Fsp3) is 0.435. The van der Waals surface area contributed by atoms with Crippen LogP contribution in [0, 0.1) is 11.3 Å². The van der Waals surface area contributed by atoms with Crippen LogP contribution in [0.2, 0.25) is 0 Å². The van der Waals surface area contributed by atoms with Crippen molar-refractivity contribution < 1.29 is 4.74 Å². The van der Waals surface area contributed by atoms with Crippen molar-refractivity contribution in [2.75, 3.05) is 12.5 Å². The summed E-state index contributed by atoms with van der Waals surface area (Å²) in [5.74, 6) is 2.29. The van der Waals surface area contributed by atoms with Crippen LogP contribution in [0.3, 0.4) is 0 Å². The number of hydrogen-bond donors (Lipinski definition) is 1. The van der Waals surface area contributed by atoms with Gasteiger partial charge in [-0.25, -0.2) is 9.97 Å². The number of thiophene rings is 1. The lowest BCUT2D eigenvalue weighted by molar-refractivity contribution is 0.184. The van der Waals surface area contributed by atoms with Crippen molar-refractivity contribution in [1.29, 1.82) is 0 Å². The molecule has 152 valence electrons. The van der Waals surface area contributed by atoms with Gasteiger partial charge >= 0.3 is 0 Å². The standard InChI is InChI=1S/C23H28N4OS/c1-5-23(2,3)16-9-10-19-18(12-16)20-21(24-14-25-22(20)29-19)27-26-13-15-7-6-8-17(11-15)28-4/h6-8,11,13-14,16H,5,9-10,12H2,1-4H3,(H,24,25,27)/b26-13+. The number of methoxy groups -OCH3 is 1. The van der Waals surface area contributed by atoms with Gasteiger partial charge in [0, 0.05) is 4.88 Å². The number of hydrogen-bond acceptors (Lipinski definition) is 6. The molecule has 1 atom stereocenters. The molecule has 0 radical (unpaired) electrons. The van der Waals surface area contributed by atoms with E-state index in [0.717, 1.165) is 40.2 Å². The Labute approximate surface area is 176 Å². The molecule has 4 rings (SSSR count). The second-order valence-corrected chi connectivity index (χ2v) is 9.42. The normalized spacial score (nSPS) is 16.9. The number of ether oxygens (including phenoxy) is 1. The van der Waals surface area contributed by atoms with Crippen LogP contribution in [-0.4, -0.2) is 23.3 Å². The molecule has 0 bridgehead atoms. The highest BCUT2D eigenvalue weighted by molar-refractivity contribution is 7.19. The summed E-state index contributed by atoms with van der Waals surface area (Å²) in [6.07, 6.45) is 8.10. The van der Waals surface area contributed by atoms with Crippen LogP contribution in [0.15, 0.2) is 35.7 Å². The Balaban J connectivity index is 1.62. The predicted octanol–water partition coefficient (Wildman–Crippen LogP) is 5.69. The van der Waals surface area contributed by atoms with Crippen molar-refractivity contribution in [3.05, 3.63) is 46.6 Å². The SMILES string of the molecule is CCC(C)(C)C1CCc2sc3ncnc(N/N=C/c4cccc(OC)c4)c3c2C1. The van der Waals surface area contributed by atoms with Crippen LogP contribution >= 0.6 is 11.3 Å². The highest BCUT2D eigenvalue weighted by Crippen LogP contribution is 2.45. The maximum Gasteiger partial charge on any atom is 0.158 e. The van der Waals surface area contributed by atoms with Gasteiger partial charge in [0.05, 0.1) is 18.7 Å². The molecule has 0 fully saturated rings. The van der Waals surface area contributed by atoms with E-state index < -0.39 is 0 Å². The summed E-state index contributed by atoms with van der Waals surface area (Å²) in [5, 5.41) is 5.58. The van der Waals surface area contributed by atoms with E-state index in [4.69, 9.17) is 4.74 Å². The third-order valence-electron chi connectivity index (χ3n) is 6.34. The average Bonchev–Trinajstić information content (AvgIpc) is 3.12. The van der Waals surface area contributed by atoms with Crippen molar-refractivity contribution >= 4 is 33.6 Å². The molecule has 1 aromatic carbocycles. The first-order chi connectivity index (χ1) is 14.0. The fourth-order valence-electron chi connectivity index (χ4n) is 4.04. The fourth-order valence-corrected chi connectivity index (χ4v) is 5.22. The molecule has 0 spiro atoms. The molecular weight excluding hydrogens is 380 g/mol. The average molecular weight is 409 g/mol. The zero-order chi connectivity index (χ0) is 20.4. The molecule has 2 aromatic heterocycles. The number of anilines is 1. The molecule has 5 nitrogen and oxygen atoms in total. The van der Waals surface area contributed by atoms with Crippen LogP contribution in [0.5, 0.6) is 5.75 Å². The van der Waals surface area contributed by atoms with Gasteiger partial charge in [0.15, 0.2) is 5.82 Å². The van der Waals surface area contributed by atoms with Crippen LogP contribution < -0.4 is 10.2 Å². The molecule has 2 heterocycles. The van der Waals surface area contributed by atoms with Gasteiger partial charge in [0.25, 0.3) is 0 Å². The molecule has 1 aliphatic carbocycles. The minimum atomic E-state index is 0.347. The molecule has 1 aliphatic rings. The lowest BCUT2D eigenvalue weighted by Gasteiger charge is -2.36. The Morgan fingerprint density at radius 3 is 3.00 bits per heavy atom. The van der Waals surface area contributed by atoms with Crippen LogP contribution in [-0.2, 0) is 12.8 Å². The molecule has 6 heteroatoms. The number of rotatable bonds is 6. The summed E-state index contributed by atoms with van der Waals surface area (Å²) >= 11 is 1.81. The first-order valence-corrected chi connectivity index (χ1v) is 11.0. The second kappa shape index (κ2) is 8.11.